The molecule has 14 heavy (non-hydrogen) atoms. The standard InChI is InChI=1S/C10H8ClNOS/c11-8-3-5-14-10(8)9(13)7-2-1-4-12-6-7/h1-6,9,13H. The van der Waals surface area contributed by atoms with E-state index < -0.39 is 6.10 Å². The molecule has 1 unspecified atom stereocenters. The zero-order chi connectivity index (χ0) is 9.97. The highest BCUT2D eigenvalue weighted by Gasteiger charge is 2.14. The van der Waals surface area contributed by atoms with Crippen LogP contribution in [0.25, 0.3) is 0 Å². The Balaban J connectivity index is 2.34. The molecule has 0 amide bonds. The molecule has 0 saturated carbocycles. The van der Waals surface area contributed by atoms with Crippen LogP contribution in [0.3, 0.4) is 0 Å². The smallest absolute Gasteiger partial charge is 0.116 e. The van der Waals surface area contributed by atoms with E-state index in [4.69, 9.17) is 11.6 Å². The molecule has 0 aromatic carbocycles. The van der Waals surface area contributed by atoms with Gasteiger partial charge in [0.05, 0.1) is 9.90 Å². The number of halogens is 1. The Hall–Kier alpha value is -0.900. The fourth-order valence-corrected chi connectivity index (χ4v) is 2.36. The predicted molar refractivity (Wildman–Crippen MR) is 57.6 cm³/mol. The summed E-state index contributed by atoms with van der Waals surface area (Å²) in [4.78, 5) is 4.71. The van der Waals surface area contributed by atoms with Gasteiger partial charge in [-0.3, -0.25) is 4.98 Å². The van der Waals surface area contributed by atoms with Gasteiger partial charge in [-0.1, -0.05) is 17.7 Å². The van der Waals surface area contributed by atoms with Crippen molar-refractivity contribution >= 4 is 22.9 Å². The monoisotopic (exact) mass is 225 g/mol. The van der Waals surface area contributed by atoms with E-state index >= 15 is 0 Å². The Kier molecular flexibility index (Phi) is 2.82. The van der Waals surface area contributed by atoms with E-state index in [-0.39, 0.29) is 0 Å². The van der Waals surface area contributed by atoms with Crippen molar-refractivity contribution in [2.75, 3.05) is 0 Å². The summed E-state index contributed by atoms with van der Waals surface area (Å²) in [5, 5.41) is 12.4. The molecule has 0 spiro atoms. The Morgan fingerprint density at radius 1 is 1.43 bits per heavy atom. The summed E-state index contributed by atoms with van der Waals surface area (Å²) in [7, 11) is 0. The van der Waals surface area contributed by atoms with Crippen molar-refractivity contribution in [3.05, 3.63) is 51.4 Å². The van der Waals surface area contributed by atoms with Crippen molar-refractivity contribution in [3.8, 4) is 0 Å². The molecule has 2 aromatic rings. The van der Waals surface area contributed by atoms with Crippen molar-refractivity contribution in [1.82, 2.24) is 4.98 Å². The highest BCUT2D eigenvalue weighted by Crippen LogP contribution is 2.32. The molecule has 0 aliphatic heterocycles. The number of aliphatic hydroxyl groups is 1. The Morgan fingerprint density at radius 3 is 2.86 bits per heavy atom. The van der Waals surface area contributed by atoms with Crippen molar-refractivity contribution < 1.29 is 5.11 Å². The van der Waals surface area contributed by atoms with Gasteiger partial charge in [0.25, 0.3) is 0 Å². The topological polar surface area (TPSA) is 33.1 Å². The van der Waals surface area contributed by atoms with Crippen LogP contribution < -0.4 is 0 Å². The van der Waals surface area contributed by atoms with E-state index in [2.05, 4.69) is 4.98 Å². The first-order valence-corrected chi connectivity index (χ1v) is 5.35. The van der Waals surface area contributed by atoms with Crippen molar-refractivity contribution in [2.24, 2.45) is 0 Å². The molecule has 2 nitrogen and oxygen atoms in total. The minimum absolute atomic E-state index is 0.603. The van der Waals surface area contributed by atoms with Crippen LogP contribution in [0.1, 0.15) is 16.5 Å². The fraction of sp³-hybridized carbons (Fsp3) is 0.100. The lowest BCUT2D eigenvalue weighted by molar-refractivity contribution is 0.224. The quantitative estimate of drug-likeness (QED) is 0.853. The van der Waals surface area contributed by atoms with E-state index in [1.165, 1.54) is 11.3 Å². The molecule has 4 heteroatoms. The minimum atomic E-state index is -0.670. The van der Waals surface area contributed by atoms with Crippen LogP contribution in [0.15, 0.2) is 36.0 Å². The van der Waals surface area contributed by atoms with Crippen LogP contribution in [0.4, 0.5) is 0 Å². The van der Waals surface area contributed by atoms with Gasteiger partial charge in [-0.05, 0) is 17.5 Å². The molecule has 2 heterocycles. The summed E-state index contributed by atoms with van der Waals surface area (Å²) in [6.07, 6.45) is 2.64. The lowest BCUT2D eigenvalue weighted by Crippen LogP contribution is -1.97. The van der Waals surface area contributed by atoms with Gasteiger partial charge in [-0.25, -0.2) is 0 Å². The zero-order valence-corrected chi connectivity index (χ0v) is 8.79. The third-order valence-electron chi connectivity index (χ3n) is 1.89. The number of hydrogen-bond donors (Lipinski definition) is 1. The highest BCUT2D eigenvalue weighted by atomic mass is 35.5. The number of pyridine rings is 1. The van der Waals surface area contributed by atoms with Gasteiger partial charge < -0.3 is 5.11 Å². The maximum absolute atomic E-state index is 9.95. The number of hydrogen-bond acceptors (Lipinski definition) is 3. The van der Waals surface area contributed by atoms with Gasteiger partial charge in [0.2, 0.25) is 0 Å². The largest absolute Gasteiger partial charge is 0.383 e. The maximum atomic E-state index is 9.95. The maximum Gasteiger partial charge on any atom is 0.116 e. The second kappa shape index (κ2) is 4.09. The SMILES string of the molecule is OC(c1cccnc1)c1sccc1Cl. The molecular formula is C10H8ClNOS. The summed E-state index contributed by atoms with van der Waals surface area (Å²) in [5.41, 5.74) is 0.761. The summed E-state index contributed by atoms with van der Waals surface area (Å²) in [6.45, 7) is 0. The lowest BCUT2D eigenvalue weighted by Gasteiger charge is -2.08. The number of nitrogens with zero attached hydrogens (tertiary/aromatic N) is 1. The van der Waals surface area contributed by atoms with Crippen LogP contribution in [0, 0.1) is 0 Å². The Labute approximate surface area is 90.8 Å². The molecule has 0 saturated heterocycles. The van der Waals surface area contributed by atoms with Crippen molar-refractivity contribution in [2.45, 2.75) is 6.10 Å². The summed E-state index contributed by atoms with van der Waals surface area (Å²) < 4.78 is 0. The van der Waals surface area contributed by atoms with E-state index in [1.54, 1.807) is 24.5 Å². The fourth-order valence-electron chi connectivity index (χ4n) is 1.19. The molecule has 1 atom stereocenters. The molecule has 72 valence electrons. The first kappa shape index (κ1) is 9.65. The van der Waals surface area contributed by atoms with Gasteiger partial charge in [0.1, 0.15) is 6.10 Å². The Bertz CT molecular complexity index is 415. The van der Waals surface area contributed by atoms with Crippen LogP contribution in [0.2, 0.25) is 5.02 Å². The molecule has 0 aliphatic rings. The lowest BCUT2D eigenvalue weighted by atomic mass is 10.1. The predicted octanol–water partition coefficient (Wildman–Crippen LogP) is 2.88. The molecule has 0 aliphatic carbocycles. The van der Waals surface area contributed by atoms with Gasteiger partial charge in [0.15, 0.2) is 0 Å². The number of aromatic nitrogens is 1. The summed E-state index contributed by atoms with van der Waals surface area (Å²) in [6, 6.07) is 5.40. The highest BCUT2D eigenvalue weighted by molar-refractivity contribution is 7.10. The second-order valence-corrected chi connectivity index (χ2v) is 4.18. The number of thiophene rings is 1. The third kappa shape index (κ3) is 1.80. The second-order valence-electron chi connectivity index (χ2n) is 2.82. The third-order valence-corrected chi connectivity index (χ3v) is 3.30. The average Bonchev–Trinajstić information content (AvgIpc) is 2.65. The number of rotatable bonds is 2. The molecule has 0 bridgehead atoms. The molecule has 1 N–H and O–H groups in total. The van der Waals surface area contributed by atoms with E-state index in [0.29, 0.717) is 5.02 Å². The van der Waals surface area contributed by atoms with E-state index in [1.807, 2.05) is 11.4 Å². The number of aliphatic hydroxyl groups excluding tert-OH is 1. The van der Waals surface area contributed by atoms with Gasteiger partial charge in [-0.15, -0.1) is 11.3 Å². The van der Waals surface area contributed by atoms with Crippen LogP contribution >= 0.6 is 22.9 Å². The molecule has 2 rings (SSSR count). The molecular weight excluding hydrogens is 218 g/mol. The molecule has 0 fully saturated rings. The van der Waals surface area contributed by atoms with E-state index in [0.717, 1.165) is 10.4 Å². The van der Waals surface area contributed by atoms with Crippen LogP contribution in [-0.2, 0) is 0 Å². The average molecular weight is 226 g/mol. The summed E-state index contributed by atoms with van der Waals surface area (Å²) >= 11 is 7.36. The Morgan fingerprint density at radius 2 is 2.29 bits per heavy atom. The van der Waals surface area contributed by atoms with Crippen LogP contribution in [-0.4, -0.2) is 10.1 Å². The summed E-state index contributed by atoms with van der Waals surface area (Å²) in [5.74, 6) is 0. The van der Waals surface area contributed by atoms with Crippen molar-refractivity contribution in [3.63, 3.8) is 0 Å². The van der Waals surface area contributed by atoms with Crippen LogP contribution in [0.5, 0.6) is 0 Å². The molecule has 0 radical (unpaired) electrons. The normalized spacial score (nSPS) is 12.7. The van der Waals surface area contributed by atoms with Crippen molar-refractivity contribution in [1.29, 1.82) is 0 Å². The molecule has 2 aromatic heterocycles. The van der Waals surface area contributed by atoms with E-state index in [9.17, 15) is 5.11 Å². The zero-order valence-electron chi connectivity index (χ0n) is 7.22. The first-order chi connectivity index (χ1) is 6.79. The first-order valence-electron chi connectivity index (χ1n) is 4.10. The van der Waals surface area contributed by atoms with Gasteiger partial charge >= 0.3 is 0 Å². The minimum Gasteiger partial charge on any atom is -0.383 e. The van der Waals surface area contributed by atoms with Gasteiger partial charge in [-0.2, -0.15) is 0 Å². The van der Waals surface area contributed by atoms with Gasteiger partial charge in [0, 0.05) is 18.0 Å².